The van der Waals surface area contributed by atoms with Gasteiger partial charge in [0.1, 0.15) is 23.3 Å². The number of nitrogens with one attached hydrogen (secondary N) is 1. The Morgan fingerprint density at radius 3 is 2.73 bits per heavy atom. The highest BCUT2D eigenvalue weighted by Gasteiger charge is 2.42. The van der Waals surface area contributed by atoms with Crippen LogP contribution in [0.1, 0.15) is 29.1 Å². The Morgan fingerprint density at radius 2 is 1.94 bits per heavy atom. The molecule has 1 aliphatic heterocycles. The number of benzene rings is 2. The molecule has 166 valence electrons. The van der Waals surface area contributed by atoms with Crippen LogP contribution in [0.15, 0.2) is 83.4 Å². The highest BCUT2D eigenvalue weighted by atomic mass is 35.5. The molecule has 5 rings (SSSR count). The molecule has 0 aliphatic carbocycles. The fourth-order valence-corrected chi connectivity index (χ4v) is 4.72. The molecular formula is C26H22ClN3O2S. The summed E-state index contributed by atoms with van der Waals surface area (Å²) in [6, 6.07) is 23.0. The first kappa shape index (κ1) is 21.5. The quantitative estimate of drug-likeness (QED) is 0.333. The minimum atomic E-state index is -0.243. The van der Waals surface area contributed by atoms with Crippen LogP contribution in [0.25, 0.3) is 11.3 Å². The van der Waals surface area contributed by atoms with Gasteiger partial charge in [0.05, 0.1) is 18.8 Å². The van der Waals surface area contributed by atoms with Crippen molar-refractivity contribution in [3.05, 3.63) is 101 Å². The smallest absolute Gasteiger partial charge is 0.174 e. The van der Waals surface area contributed by atoms with Crippen molar-refractivity contribution in [2.45, 2.75) is 19.0 Å². The third-order valence-corrected chi connectivity index (χ3v) is 6.36. The number of furan rings is 1. The van der Waals surface area contributed by atoms with E-state index < -0.39 is 0 Å². The zero-order valence-electron chi connectivity index (χ0n) is 18.2. The molecule has 2 atom stereocenters. The van der Waals surface area contributed by atoms with Crippen molar-refractivity contribution in [2.75, 3.05) is 12.0 Å². The van der Waals surface area contributed by atoms with Gasteiger partial charge in [-0.25, -0.2) is 0 Å². The number of nitrogens with zero attached hydrogens (tertiary/aromatic N) is 2. The molecule has 0 saturated carbocycles. The van der Waals surface area contributed by atoms with E-state index in [4.69, 9.17) is 33.0 Å². The number of halogens is 1. The van der Waals surface area contributed by atoms with Crippen LogP contribution in [0.4, 0.5) is 5.69 Å². The lowest BCUT2D eigenvalue weighted by atomic mass is 10.0. The van der Waals surface area contributed by atoms with Crippen molar-refractivity contribution in [2.24, 2.45) is 0 Å². The summed E-state index contributed by atoms with van der Waals surface area (Å²) in [6.45, 7) is 2.04. The fourth-order valence-electron chi connectivity index (χ4n) is 4.20. The Labute approximate surface area is 203 Å². The molecule has 1 N–H and O–H groups in total. The van der Waals surface area contributed by atoms with Gasteiger partial charge in [0.15, 0.2) is 5.11 Å². The second-order valence-corrected chi connectivity index (χ2v) is 8.68. The lowest BCUT2D eigenvalue weighted by Gasteiger charge is -2.26. The maximum Gasteiger partial charge on any atom is 0.174 e. The first-order valence-electron chi connectivity index (χ1n) is 10.6. The van der Waals surface area contributed by atoms with Gasteiger partial charge >= 0.3 is 0 Å². The Bertz CT molecular complexity index is 1310. The predicted octanol–water partition coefficient (Wildman–Crippen LogP) is 6.49. The second-order valence-electron chi connectivity index (χ2n) is 7.86. The normalized spacial score (nSPS) is 17.8. The highest BCUT2D eigenvalue weighted by Crippen LogP contribution is 2.43. The Balaban J connectivity index is 1.62. The molecule has 1 fully saturated rings. The number of hydrogen-bond donors (Lipinski definition) is 1. The number of thiocarbonyl (C=S) groups is 1. The number of hydrogen-bond acceptors (Lipinski definition) is 4. The molecule has 2 aromatic heterocycles. The van der Waals surface area contributed by atoms with Crippen LogP contribution in [0.2, 0.25) is 5.02 Å². The predicted molar refractivity (Wildman–Crippen MR) is 135 cm³/mol. The van der Waals surface area contributed by atoms with Crippen molar-refractivity contribution in [1.29, 1.82) is 0 Å². The molecule has 3 heterocycles. The minimum absolute atomic E-state index is 0.190. The second kappa shape index (κ2) is 8.89. The van der Waals surface area contributed by atoms with Crippen molar-refractivity contribution >= 4 is 34.6 Å². The molecule has 0 amide bonds. The van der Waals surface area contributed by atoms with Crippen molar-refractivity contribution in [3.63, 3.8) is 0 Å². The Kier molecular flexibility index (Phi) is 5.79. The van der Waals surface area contributed by atoms with Crippen molar-refractivity contribution in [1.82, 2.24) is 10.3 Å². The number of anilines is 1. The third kappa shape index (κ3) is 4.08. The number of pyridine rings is 1. The van der Waals surface area contributed by atoms with Crippen molar-refractivity contribution < 1.29 is 9.15 Å². The molecule has 4 aromatic rings. The summed E-state index contributed by atoms with van der Waals surface area (Å²) in [7, 11) is 1.65. The molecule has 0 bridgehead atoms. The lowest BCUT2D eigenvalue weighted by Crippen LogP contribution is -2.29. The molecule has 0 unspecified atom stereocenters. The number of aromatic nitrogens is 1. The van der Waals surface area contributed by atoms with Crippen LogP contribution in [-0.4, -0.2) is 17.2 Å². The van der Waals surface area contributed by atoms with Gasteiger partial charge in [-0.1, -0.05) is 29.8 Å². The van der Waals surface area contributed by atoms with Gasteiger partial charge < -0.3 is 19.4 Å². The Morgan fingerprint density at radius 1 is 1.06 bits per heavy atom. The van der Waals surface area contributed by atoms with Gasteiger partial charge in [-0.3, -0.25) is 4.98 Å². The van der Waals surface area contributed by atoms with Gasteiger partial charge in [0.25, 0.3) is 0 Å². The molecule has 33 heavy (non-hydrogen) atoms. The average Bonchev–Trinajstić information content (AvgIpc) is 3.45. The summed E-state index contributed by atoms with van der Waals surface area (Å²) >= 11 is 12.0. The van der Waals surface area contributed by atoms with E-state index in [9.17, 15) is 0 Å². The Hall–Kier alpha value is -3.35. The van der Waals surface area contributed by atoms with E-state index >= 15 is 0 Å². The zero-order chi connectivity index (χ0) is 22.9. The monoisotopic (exact) mass is 475 g/mol. The summed E-state index contributed by atoms with van der Waals surface area (Å²) in [5.74, 6) is 2.29. The molecule has 1 saturated heterocycles. The molecule has 0 spiro atoms. The van der Waals surface area contributed by atoms with E-state index in [2.05, 4.69) is 15.2 Å². The average molecular weight is 476 g/mol. The number of rotatable bonds is 5. The molecule has 7 heteroatoms. The fraction of sp³-hybridized carbons (Fsp3) is 0.154. The van der Waals surface area contributed by atoms with E-state index in [-0.39, 0.29) is 12.1 Å². The third-order valence-electron chi connectivity index (χ3n) is 5.81. The van der Waals surface area contributed by atoms with Gasteiger partial charge in [-0.2, -0.15) is 0 Å². The van der Waals surface area contributed by atoms with Crippen molar-refractivity contribution in [3.8, 4) is 17.1 Å². The molecule has 5 nitrogen and oxygen atoms in total. The van der Waals surface area contributed by atoms with Crippen LogP contribution in [0.3, 0.4) is 0 Å². The maximum absolute atomic E-state index is 6.44. The summed E-state index contributed by atoms with van der Waals surface area (Å²) in [5, 5.41) is 4.71. The van der Waals surface area contributed by atoms with E-state index in [1.807, 2.05) is 79.7 Å². The van der Waals surface area contributed by atoms with Gasteiger partial charge in [0, 0.05) is 28.5 Å². The number of methoxy groups -OCH3 is 1. The van der Waals surface area contributed by atoms with E-state index in [1.54, 1.807) is 13.3 Å². The van der Waals surface area contributed by atoms with E-state index in [0.29, 0.717) is 10.1 Å². The van der Waals surface area contributed by atoms with E-state index in [1.165, 1.54) is 0 Å². The van der Waals surface area contributed by atoms with E-state index in [0.717, 1.165) is 39.8 Å². The van der Waals surface area contributed by atoms with Crippen LogP contribution in [-0.2, 0) is 0 Å². The summed E-state index contributed by atoms with van der Waals surface area (Å²) in [5.41, 5.74) is 3.84. The van der Waals surface area contributed by atoms with Gasteiger partial charge in [-0.05, 0) is 73.2 Å². The molecule has 0 radical (unpaired) electrons. The van der Waals surface area contributed by atoms with Crippen LogP contribution in [0, 0.1) is 6.92 Å². The first-order valence-corrected chi connectivity index (χ1v) is 11.3. The minimum Gasteiger partial charge on any atom is -0.497 e. The molecule has 1 aliphatic rings. The maximum atomic E-state index is 6.44. The van der Waals surface area contributed by atoms with Crippen LogP contribution >= 0.6 is 23.8 Å². The standard InChI is InChI=1S/C26H22ClN3O2S/c1-16-9-10-17(27)14-20(16)22-11-12-23(32-22)25-24(21-8-3-4-13-28-21)29-26(33)30(25)18-6-5-7-19(15-18)31-2/h3-15,24-25H,1-2H3,(H,29,33)/t24-,25+/m1/s1. The highest BCUT2D eigenvalue weighted by molar-refractivity contribution is 7.80. The zero-order valence-corrected chi connectivity index (χ0v) is 19.7. The summed E-state index contributed by atoms with van der Waals surface area (Å²) in [6.07, 6.45) is 1.79. The SMILES string of the molecule is COc1cccc(N2C(=S)N[C@H](c3ccccn3)[C@@H]2c2ccc(-c3cc(Cl)ccc3C)o2)c1. The largest absolute Gasteiger partial charge is 0.497 e. The lowest BCUT2D eigenvalue weighted by molar-refractivity contribution is 0.414. The van der Waals surface area contributed by atoms with Gasteiger partial charge in [0.2, 0.25) is 0 Å². The molecule has 2 aromatic carbocycles. The topological polar surface area (TPSA) is 50.5 Å². The molecular weight excluding hydrogens is 454 g/mol. The number of ether oxygens (including phenoxy) is 1. The first-order chi connectivity index (χ1) is 16.0. The van der Waals surface area contributed by atoms with Crippen LogP contribution in [0.5, 0.6) is 5.75 Å². The summed E-state index contributed by atoms with van der Waals surface area (Å²) < 4.78 is 11.9. The van der Waals surface area contributed by atoms with Crippen LogP contribution < -0.4 is 15.0 Å². The number of aryl methyl sites for hydroxylation is 1. The van der Waals surface area contributed by atoms with Gasteiger partial charge in [-0.15, -0.1) is 0 Å². The summed E-state index contributed by atoms with van der Waals surface area (Å²) in [4.78, 5) is 6.65.